The summed E-state index contributed by atoms with van der Waals surface area (Å²) in [6.07, 6.45) is 1.32. The zero-order valence-corrected chi connectivity index (χ0v) is 18.5. The highest BCUT2D eigenvalue weighted by atomic mass is 16.6. The van der Waals surface area contributed by atoms with Crippen LogP contribution in [0.5, 0.6) is 0 Å². The average molecular weight is 425 g/mol. The molecule has 6 nitrogen and oxygen atoms in total. The van der Waals surface area contributed by atoms with Crippen LogP contribution in [0.1, 0.15) is 57.1 Å². The molecule has 31 heavy (non-hydrogen) atoms. The van der Waals surface area contributed by atoms with Crippen molar-refractivity contribution in [3.8, 4) is 11.1 Å². The van der Waals surface area contributed by atoms with E-state index in [0.717, 1.165) is 17.5 Å². The number of carbonyl (C=O) groups is 2. The van der Waals surface area contributed by atoms with Crippen LogP contribution in [0.15, 0.2) is 48.5 Å². The molecule has 3 N–H and O–H groups in total. The Morgan fingerprint density at radius 3 is 2.13 bits per heavy atom. The molecule has 0 aromatic heterocycles. The highest BCUT2D eigenvalue weighted by Crippen LogP contribution is 2.44. The molecule has 0 fully saturated rings. The van der Waals surface area contributed by atoms with Gasteiger partial charge in [-0.15, -0.1) is 0 Å². The molecule has 3 rings (SSSR count). The zero-order valence-electron chi connectivity index (χ0n) is 18.5. The predicted molar refractivity (Wildman–Crippen MR) is 121 cm³/mol. The molecule has 1 amide bonds. The van der Waals surface area contributed by atoms with Gasteiger partial charge in [0.1, 0.15) is 18.2 Å². The van der Waals surface area contributed by atoms with Gasteiger partial charge >= 0.3 is 12.1 Å². The highest BCUT2D eigenvalue weighted by molar-refractivity contribution is 5.82. The Morgan fingerprint density at radius 2 is 1.58 bits per heavy atom. The van der Waals surface area contributed by atoms with Gasteiger partial charge in [0.25, 0.3) is 0 Å². The Morgan fingerprint density at radius 1 is 1.00 bits per heavy atom. The number of fused-ring (bicyclic) bond motifs is 3. The van der Waals surface area contributed by atoms with E-state index in [0.29, 0.717) is 19.4 Å². The number of rotatable bonds is 8. The first-order valence-corrected chi connectivity index (χ1v) is 10.8. The second-order valence-corrected chi connectivity index (χ2v) is 8.84. The van der Waals surface area contributed by atoms with Crippen LogP contribution in [0.25, 0.3) is 11.1 Å². The van der Waals surface area contributed by atoms with Crippen molar-refractivity contribution in [1.82, 2.24) is 5.32 Å². The molecule has 0 aliphatic heterocycles. The molecular weight excluding hydrogens is 392 g/mol. The quantitative estimate of drug-likeness (QED) is 0.485. The monoisotopic (exact) mass is 424 g/mol. The minimum absolute atomic E-state index is 0.0321. The van der Waals surface area contributed by atoms with E-state index in [1.54, 1.807) is 20.8 Å². The first-order chi connectivity index (χ1) is 14.8. The van der Waals surface area contributed by atoms with Crippen LogP contribution in [0.4, 0.5) is 4.79 Å². The van der Waals surface area contributed by atoms with Crippen molar-refractivity contribution in [2.24, 2.45) is 5.73 Å². The summed E-state index contributed by atoms with van der Waals surface area (Å²) in [5.74, 6) is -0.492. The first-order valence-electron chi connectivity index (χ1n) is 10.8. The second-order valence-electron chi connectivity index (χ2n) is 8.84. The Bertz CT molecular complexity index is 874. The number of alkyl carbamates (subject to hydrolysis) is 1. The van der Waals surface area contributed by atoms with Crippen LogP contribution in [0, 0.1) is 0 Å². The molecule has 1 atom stereocenters. The van der Waals surface area contributed by atoms with Crippen LogP contribution in [-0.4, -0.2) is 36.9 Å². The van der Waals surface area contributed by atoms with Gasteiger partial charge in [0.15, 0.2) is 0 Å². The van der Waals surface area contributed by atoms with Crippen LogP contribution < -0.4 is 11.1 Å². The Labute approximate surface area is 184 Å². The highest BCUT2D eigenvalue weighted by Gasteiger charge is 2.30. The minimum Gasteiger partial charge on any atom is -0.458 e. The molecule has 0 unspecified atom stereocenters. The molecule has 1 aliphatic carbocycles. The summed E-state index contributed by atoms with van der Waals surface area (Å²) in [5.41, 5.74) is 9.55. The van der Waals surface area contributed by atoms with Crippen molar-refractivity contribution >= 4 is 12.1 Å². The Kier molecular flexibility index (Phi) is 7.33. The topological polar surface area (TPSA) is 90.6 Å². The van der Waals surface area contributed by atoms with Crippen LogP contribution >= 0.6 is 0 Å². The summed E-state index contributed by atoms with van der Waals surface area (Å²) < 4.78 is 11.0. The van der Waals surface area contributed by atoms with Crippen LogP contribution in [0.3, 0.4) is 0 Å². The van der Waals surface area contributed by atoms with Crippen molar-refractivity contribution in [3.63, 3.8) is 0 Å². The maximum absolute atomic E-state index is 12.6. The molecule has 0 radical (unpaired) electrons. The van der Waals surface area contributed by atoms with Crippen LogP contribution in [0.2, 0.25) is 0 Å². The lowest BCUT2D eigenvalue weighted by atomic mass is 9.98. The van der Waals surface area contributed by atoms with Gasteiger partial charge < -0.3 is 20.5 Å². The minimum atomic E-state index is -0.763. The summed E-state index contributed by atoms with van der Waals surface area (Å²) >= 11 is 0. The molecular formula is C25H32N2O4. The largest absolute Gasteiger partial charge is 0.458 e. The summed E-state index contributed by atoms with van der Waals surface area (Å²) in [6, 6.07) is 15.6. The number of ether oxygens (including phenoxy) is 2. The van der Waals surface area contributed by atoms with Gasteiger partial charge in [0, 0.05) is 5.92 Å². The van der Waals surface area contributed by atoms with Crippen molar-refractivity contribution < 1.29 is 19.1 Å². The first kappa shape index (κ1) is 22.8. The molecule has 0 heterocycles. The van der Waals surface area contributed by atoms with Gasteiger partial charge in [-0.2, -0.15) is 0 Å². The Hall–Kier alpha value is -2.86. The third-order valence-electron chi connectivity index (χ3n) is 5.27. The third-order valence-corrected chi connectivity index (χ3v) is 5.27. The van der Waals surface area contributed by atoms with Crippen molar-refractivity contribution in [3.05, 3.63) is 59.7 Å². The molecule has 0 saturated carbocycles. The second kappa shape index (κ2) is 9.96. The summed E-state index contributed by atoms with van der Waals surface area (Å²) in [6.45, 7) is 6.13. The third kappa shape index (κ3) is 5.85. The van der Waals surface area contributed by atoms with Gasteiger partial charge in [-0.3, -0.25) is 0 Å². The van der Waals surface area contributed by atoms with E-state index in [4.69, 9.17) is 15.2 Å². The number of amides is 1. The molecule has 0 spiro atoms. The fraction of sp³-hybridized carbons (Fsp3) is 0.440. The van der Waals surface area contributed by atoms with Crippen molar-refractivity contribution in [1.29, 1.82) is 0 Å². The van der Waals surface area contributed by atoms with E-state index in [1.165, 1.54) is 11.1 Å². The molecule has 2 aromatic rings. The van der Waals surface area contributed by atoms with Gasteiger partial charge in [-0.25, -0.2) is 9.59 Å². The number of hydrogen-bond acceptors (Lipinski definition) is 5. The molecule has 0 bridgehead atoms. The standard InChI is InChI=1S/C25H32N2O4/c1-25(2,3)31-23(28)22(14-8-9-15-26)27-24(29)30-16-21-19-12-6-4-10-17(19)18-11-5-7-13-20(18)21/h4-7,10-13,21-22H,8-9,14-16,26H2,1-3H3,(H,27,29)/t22-/m1/s1. The van der Waals surface area contributed by atoms with Crippen molar-refractivity contribution in [2.45, 2.75) is 57.6 Å². The number of benzene rings is 2. The lowest BCUT2D eigenvalue weighted by molar-refractivity contribution is -0.157. The molecule has 6 heteroatoms. The van der Waals surface area contributed by atoms with E-state index in [1.807, 2.05) is 24.3 Å². The molecule has 0 saturated heterocycles. The number of nitrogens with two attached hydrogens (primary N) is 1. The number of esters is 1. The SMILES string of the molecule is CC(C)(C)OC(=O)[C@@H](CCCCN)NC(=O)OCC1c2ccccc2-c2ccccc21. The van der Waals surface area contributed by atoms with Gasteiger partial charge in [-0.1, -0.05) is 48.5 Å². The van der Waals surface area contributed by atoms with Gasteiger partial charge in [0.05, 0.1) is 0 Å². The van der Waals surface area contributed by atoms with Gasteiger partial charge in [0.2, 0.25) is 0 Å². The van der Waals surface area contributed by atoms with E-state index < -0.39 is 23.7 Å². The Balaban J connectivity index is 1.65. The zero-order chi connectivity index (χ0) is 22.4. The van der Waals surface area contributed by atoms with Crippen molar-refractivity contribution in [2.75, 3.05) is 13.2 Å². The fourth-order valence-corrected chi connectivity index (χ4v) is 3.90. The van der Waals surface area contributed by atoms with E-state index in [9.17, 15) is 9.59 Å². The molecule has 1 aliphatic rings. The normalized spacial score (nSPS) is 13.8. The number of hydrogen-bond donors (Lipinski definition) is 2. The van der Waals surface area contributed by atoms with E-state index >= 15 is 0 Å². The summed E-state index contributed by atoms with van der Waals surface area (Å²) in [5, 5.41) is 2.69. The number of nitrogens with one attached hydrogen (secondary N) is 1. The lowest BCUT2D eigenvalue weighted by Crippen LogP contribution is -2.44. The summed E-state index contributed by atoms with van der Waals surface area (Å²) in [7, 11) is 0. The average Bonchev–Trinajstić information content (AvgIpc) is 3.04. The van der Waals surface area contributed by atoms with E-state index in [2.05, 4.69) is 29.6 Å². The predicted octanol–water partition coefficient (Wildman–Crippen LogP) is 4.36. The summed E-state index contributed by atoms with van der Waals surface area (Å²) in [4.78, 5) is 25.1. The smallest absolute Gasteiger partial charge is 0.407 e. The maximum Gasteiger partial charge on any atom is 0.407 e. The lowest BCUT2D eigenvalue weighted by Gasteiger charge is -2.24. The number of carbonyl (C=O) groups excluding carboxylic acids is 2. The van der Waals surface area contributed by atoms with Gasteiger partial charge in [-0.05, 0) is 68.8 Å². The molecule has 2 aromatic carbocycles. The van der Waals surface area contributed by atoms with E-state index in [-0.39, 0.29) is 12.5 Å². The number of unbranched alkanes of at least 4 members (excludes halogenated alkanes) is 1. The maximum atomic E-state index is 12.6. The fourth-order valence-electron chi connectivity index (χ4n) is 3.90. The molecule has 166 valence electrons. The van der Waals surface area contributed by atoms with Crippen LogP contribution in [-0.2, 0) is 14.3 Å².